The average molecular weight is 297 g/mol. The Hall–Kier alpha value is -2.50. The van der Waals surface area contributed by atoms with Gasteiger partial charge >= 0.3 is 0 Å². The summed E-state index contributed by atoms with van der Waals surface area (Å²) in [6.07, 6.45) is 15.6. The first-order chi connectivity index (χ1) is 10.8. The highest BCUT2D eigenvalue weighted by atomic mass is 16.1. The van der Waals surface area contributed by atoms with E-state index in [1.54, 1.807) is 24.8 Å². The van der Waals surface area contributed by atoms with E-state index < -0.39 is 0 Å². The summed E-state index contributed by atoms with van der Waals surface area (Å²) in [5.74, 6) is 1.03. The minimum absolute atomic E-state index is 0.118. The molecule has 0 aliphatic heterocycles. The van der Waals surface area contributed by atoms with Gasteiger partial charge in [-0.1, -0.05) is 12.2 Å². The molecular weight excluding hydrogens is 278 g/mol. The number of nitrogens with one attached hydrogen (secondary N) is 1. The number of nitrogens with zero attached hydrogens (tertiary/aromatic N) is 4. The highest BCUT2D eigenvalue weighted by molar-refractivity contribution is 5.78. The van der Waals surface area contributed by atoms with Gasteiger partial charge in [0.1, 0.15) is 5.69 Å². The molecule has 6 heteroatoms. The van der Waals surface area contributed by atoms with E-state index in [9.17, 15) is 4.79 Å². The van der Waals surface area contributed by atoms with Crippen LogP contribution in [0.15, 0.2) is 43.1 Å². The zero-order valence-electron chi connectivity index (χ0n) is 12.4. The molecule has 1 aliphatic carbocycles. The predicted octanol–water partition coefficient (Wildman–Crippen LogP) is 1.81. The van der Waals surface area contributed by atoms with Gasteiger partial charge in [0.05, 0.1) is 6.20 Å². The molecular formula is C16H19N5O. The summed E-state index contributed by atoms with van der Waals surface area (Å²) >= 11 is 0. The number of rotatable bonds is 5. The van der Waals surface area contributed by atoms with Crippen molar-refractivity contribution in [3.05, 3.63) is 43.1 Å². The van der Waals surface area contributed by atoms with E-state index in [0.717, 1.165) is 30.8 Å². The first-order valence-electron chi connectivity index (χ1n) is 7.55. The van der Waals surface area contributed by atoms with Crippen LogP contribution in [0.1, 0.15) is 19.3 Å². The molecule has 0 radical (unpaired) electrons. The molecule has 2 aromatic heterocycles. The summed E-state index contributed by atoms with van der Waals surface area (Å²) in [6, 6.07) is 0. The number of carbonyl (C=O) groups is 1. The second-order valence-electron chi connectivity index (χ2n) is 5.31. The lowest BCUT2D eigenvalue weighted by Gasteiger charge is -2.17. The second kappa shape index (κ2) is 6.98. The van der Waals surface area contributed by atoms with Crippen LogP contribution in [0.3, 0.4) is 0 Å². The van der Waals surface area contributed by atoms with Gasteiger partial charge in [0.25, 0.3) is 0 Å². The molecule has 1 N–H and O–H groups in total. The van der Waals surface area contributed by atoms with E-state index in [1.807, 2.05) is 10.8 Å². The van der Waals surface area contributed by atoms with Crippen molar-refractivity contribution in [3.8, 4) is 11.5 Å². The summed E-state index contributed by atoms with van der Waals surface area (Å²) in [4.78, 5) is 24.7. The quantitative estimate of drug-likeness (QED) is 0.854. The van der Waals surface area contributed by atoms with Crippen LogP contribution < -0.4 is 5.32 Å². The molecule has 2 aromatic rings. The molecule has 1 aliphatic rings. The lowest BCUT2D eigenvalue weighted by Crippen LogP contribution is -2.33. The number of allylic oxidation sites excluding steroid dienone is 2. The van der Waals surface area contributed by atoms with E-state index in [0.29, 0.717) is 13.1 Å². The van der Waals surface area contributed by atoms with Gasteiger partial charge in [-0.15, -0.1) is 0 Å². The Morgan fingerprint density at radius 2 is 2.23 bits per heavy atom. The van der Waals surface area contributed by atoms with Crippen LogP contribution in [0.4, 0.5) is 0 Å². The van der Waals surface area contributed by atoms with Crippen molar-refractivity contribution in [1.29, 1.82) is 0 Å². The van der Waals surface area contributed by atoms with E-state index in [-0.39, 0.29) is 11.8 Å². The lowest BCUT2D eigenvalue weighted by molar-refractivity contribution is -0.125. The van der Waals surface area contributed by atoms with Gasteiger partial charge in [0, 0.05) is 43.8 Å². The van der Waals surface area contributed by atoms with Crippen molar-refractivity contribution in [2.24, 2.45) is 5.92 Å². The number of aromatic nitrogens is 4. The summed E-state index contributed by atoms with van der Waals surface area (Å²) in [6.45, 7) is 1.25. The lowest BCUT2D eigenvalue weighted by atomic mass is 9.94. The predicted molar refractivity (Wildman–Crippen MR) is 82.7 cm³/mol. The van der Waals surface area contributed by atoms with Crippen molar-refractivity contribution in [2.45, 2.75) is 25.8 Å². The second-order valence-corrected chi connectivity index (χ2v) is 5.31. The van der Waals surface area contributed by atoms with Gasteiger partial charge in [-0.2, -0.15) is 0 Å². The minimum Gasteiger partial charge on any atom is -0.354 e. The molecule has 6 nitrogen and oxygen atoms in total. The zero-order chi connectivity index (χ0) is 15.2. The Bertz CT molecular complexity index is 650. The number of hydrogen-bond donors (Lipinski definition) is 1. The SMILES string of the molecule is O=C(NCCn1ccnc1-c1cnccn1)C1CC=CCC1. The minimum atomic E-state index is 0.118. The maximum Gasteiger partial charge on any atom is 0.223 e. The van der Waals surface area contributed by atoms with Crippen molar-refractivity contribution >= 4 is 5.91 Å². The fourth-order valence-corrected chi connectivity index (χ4v) is 2.61. The molecule has 0 saturated heterocycles. The van der Waals surface area contributed by atoms with Crippen LogP contribution in [0.5, 0.6) is 0 Å². The number of carbonyl (C=O) groups excluding carboxylic acids is 1. The van der Waals surface area contributed by atoms with Crippen LogP contribution in [0.2, 0.25) is 0 Å². The molecule has 1 amide bonds. The fraction of sp³-hybridized carbons (Fsp3) is 0.375. The normalized spacial score (nSPS) is 17.4. The van der Waals surface area contributed by atoms with Gasteiger partial charge in [0.2, 0.25) is 5.91 Å². The Morgan fingerprint density at radius 1 is 1.27 bits per heavy atom. The topological polar surface area (TPSA) is 72.7 Å². The van der Waals surface area contributed by atoms with Gasteiger partial charge in [-0.05, 0) is 19.3 Å². The summed E-state index contributed by atoms with van der Waals surface area (Å²) in [7, 11) is 0. The van der Waals surface area contributed by atoms with Crippen LogP contribution in [0, 0.1) is 5.92 Å². The van der Waals surface area contributed by atoms with Crippen molar-refractivity contribution in [2.75, 3.05) is 6.54 Å². The molecule has 0 saturated carbocycles. The molecule has 22 heavy (non-hydrogen) atoms. The number of hydrogen-bond acceptors (Lipinski definition) is 4. The largest absolute Gasteiger partial charge is 0.354 e. The number of amides is 1. The van der Waals surface area contributed by atoms with Gasteiger partial charge in [0.15, 0.2) is 5.82 Å². The molecule has 0 bridgehead atoms. The van der Waals surface area contributed by atoms with E-state index in [1.165, 1.54) is 0 Å². The summed E-state index contributed by atoms with van der Waals surface area (Å²) < 4.78 is 1.98. The van der Waals surface area contributed by atoms with Gasteiger partial charge in [-0.3, -0.25) is 9.78 Å². The maximum absolute atomic E-state index is 12.1. The molecule has 0 spiro atoms. The smallest absolute Gasteiger partial charge is 0.223 e. The summed E-state index contributed by atoms with van der Waals surface area (Å²) in [5.41, 5.74) is 0.733. The van der Waals surface area contributed by atoms with E-state index >= 15 is 0 Å². The molecule has 1 atom stereocenters. The summed E-state index contributed by atoms with van der Waals surface area (Å²) in [5, 5.41) is 3.01. The van der Waals surface area contributed by atoms with Crippen molar-refractivity contribution < 1.29 is 4.79 Å². The van der Waals surface area contributed by atoms with Gasteiger partial charge in [-0.25, -0.2) is 9.97 Å². The zero-order valence-corrected chi connectivity index (χ0v) is 12.4. The van der Waals surface area contributed by atoms with Crippen LogP contribution in [-0.2, 0) is 11.3 Å². The first-order valence-corrected chi connectivity index (χ1v) is 7.55. The van der Waals surface area contributed by atoms with Gasteiger partial charge < -0.3 is 9.88 Å². The highest BCUT2D eigenvalue weighted by Gasteiger charge is 2.18. The molecule has 0 aromatic carbocycles. The standard InChI is InChI=1S/C16H19N5O/c22-16(13-4-2-1-3-5-13)20-9-11-21-10-8-19-15(21)14-12-17-6-7-18-14/h1-2,6-8,10,12-13H,3-5,9,11H2,(H,20,22). The highest BCUT2D eigenvalue weighted by Crippen LogP contribution is 2.18. The van der Waals surface area contributed by atoms with Crippen molar-refractivity contribution in [3.63, 3.8) is 0 Å². The van der Waals surface area contributed by atoms with Crippen LogP contribution >= 0.6 is 0 Å². The Morgan fingerprint density at radius 3 is 3.00 bits per heavy atom. The fourth-order valence-electron chi connectivity index (χ4n) is 2.61. The third-order valence-electron chi connectivity index (χ3n) is 3.80. The average Bonchev–Trinajstić information content (AvgIpc) is 3.05. The Kier molecular flexibility index (Phi) is 4.58. The molecule has 2 heterocycles. The van der Waals surface area contributed by atoms with Crippen LogP contribution in [-0.4, -0.2) is 32.0 Å². The first kappa shape index (κ1) is 14.4. The number of imidazole rings is 1. The van der Waals surface area contributed by atoms with Crippen molar-refractivity contribution in [1.82, 2.24) is 24.8 Å². The molecule has 114 valence electrons. The Labute approximate surface area is 129 Å². The molecule has 0 fully saturated rings. The van der Waals surface area contributed by atoms with E-state index in [4.69, 9.17) is 0 Å². The Balaban J connectivity index is 1.55. The third kappa shape index (κ3) is 3.39. The maximum atomic E-state index is 12.1. The molecule has 3 rings (SSSR count). The van der Waals surface area contributed by atoms with E-state index in [2.05, 4.69) is 32.4 Å². The third-order valence-corrected chi connectivity index (χ3v) is 3.80. The monoisotopic (exact) mass is 297 g/mol. The molecule has 1 unspecified atom stereocenters. The van der Waals surface area contributed by atoms with Crippen LogP contribution in [0.25, 0.3) is 11.5 Å².